The molecule has 0 atom stereocenters. The molecule has 0 unspecified atom stereocenters. The highest BCUT2D eigenvalue weighted by Gasteiger charge is 2.49. The fraction of sp³-hybridized carbons (Fsp3) is 0.536. The SMILES string of the molecule is CCOc1c(Br)cc(Br)cc1C1C2=C(CC(C)(C)CC2=O)N(CCC(=O)O)C2=C1C(=O)CC(C)(C)C2. The minimum atomic E-state index is -0.904. The van der Waals surface area contributed by atoms with Crippen LogP contribution in [0.15, 0.2) is 43.6 Å². The molecule has 6 nitrogen and oxygen atoms in total. The van der Waals surface area contributed by atoms with Gasteiger partial charge in [0.1, 0.15) is 5.75 Å². The largest absolute Gasteiger partial charge is 0.492 e. The third-order valence-corrected chi connectivity index (χ3v) is 8.25. The Hall–Kier alpha value is -1.93. The second-order valence-electron chi connectivity index (χ2n) is 11.6. The van der Waals surface area contributed by atoms with Crippen molar-refractivity contribution in [3.63, 3.8) is 0 Å². The lowest BCUT2D eigenvalue weighted by molar-refractivity contribution is -0.137. The number of aliphatic carboxylic acids is 1. The standard InChI is InChI=1S/C28H33Br2NO5/c1-6-36-26-16(9-15(29)10-17(26)30)23-24-18(11-27(2,3)13-20(24)32)31(8-7-22(34)35)19-12-28(4,5)14-21(33)25(19)23/h9-10,23H,6-8,11-14H2,1-5H3,(H,34,35). The number of nitrogens with zero attached hydrogens (tertiary/aromatic N) is 1. The summed E-state index contributed by atoms with van der Waals surface area (Å²) in [4.78, 5) is 41.3. The van der Waals surface area contributed by atoms with Crippen molar-refractivity contribution in [1.29, 1.82) is 0 Å². The second-order valence-corrected chi connectivity index (χ2v) is 13.3. The van der Waals surface area contributed by atoms with E-state index in [-0.39, 0.29) is 35.4 Å². The van der Waals surface area contributed by atoms with Gasteiger partial charge in [0.15, 0.2) is 11.6 Å². The van der Waals surface area contributed by atoms with Crippen LogP contribution in [-0.4, -0.2) is 40.7 Å². The van der Waals surface area contributed by atoms with Crippen LogP contribution < -0.4 is 4.74 Å². The number of allylic oxidation sites excluding steroid dienone is 4. The van der Waals surface area contributed by atoms with Gasteiger partial charge in [-0.05, 0) is 58.7 Å². The zero-order valence-electron chi connectivity index (χ0n) is 21.5. The predicted octanol–water partition coefficient (Wildman–Crippen LogP) is 6.77. The van der Waals surface area contributed by atoms with Crippen LogP contribution in [0.5, 0.6) is 5.75 Å². The number of carbonyl (C=O) groups excluding carboxylic acids is 2. The Balaban J connectivity index is 2.05. The van der Waals surface area contributed by atoms with Gasteiger partial charge in [0.25, 0.3) is 0 Å². The van der Waals surface area contributed by atoms with E-state index in [1.165, 1.54) is 0 Å². The van der Waals surface area contributed by atoms with Gasteiger partial charge in [-0.15, -0.1) is 0 Å². The number of benzene rings is 1. The fourth-order valence-electron chi connectivity index (χ4n) is 5.93. The lowest BCUT2D eigenvalue weighted by Crippen LogP contribution is -2.45. The summed E-state index contributed by atoms with van der Waals surface area (Å²) in [5, 5.41) is 9.51. The van der Waals surface area contributed by atoms with Gasteiger partial charge in [-0.2, -0.15) is 0 Å². The van der Waals surface area contributed by atoms with Crippen LogP contribution in [0.2, 0.25) is 0 Å². The average Bonchev–Trinajstić information content (AvgIpc) is 2.71. The van der Waals surface area contributed by atoms with Crippen LogP contribution in [0, 0.1) is 10.8 Å². The van der Waals surface area contributed by atoms with E-state index in [0.717, 1.165) is 25.9 Å². The van der Waals surface area contributed by atoms with Crippen molar-refractivity contribution < 1.29 is 24.2 Å². The molecule has 2 aliphatic carbocycles. The molecule has 0 radical (unpaired) electrons. The molecule has 1 aromatic carbocycles. The van der Waals surface area contributed by atoms with Crippen LogP contribution in [0.1, 0.15) is 78.2 Å². The van der Waals surface area contributed by atoms with Gasteiger partial charge in [0.2, 0.25) is 0 Å². The Kier molecular flexibility index (Phi) is 7.34. The summed E-state index contributed by atoms with van der Waals surface area (Å²) >= 11 is 7.22. The van der Waals surface area contributed by atoms with E-state index in [2.05, 4.69) is 59.6 Å². The maximum absolute atomic E-state index is 13.9. The molecule has 1 N–H and O–H groups in total. The van der Waals surface area contributed by atoms with Crippen molar-refractivity contribution in [2.24, 2.45) is 10.8 Å². The Bertz CT molecular complexity index is 1160. The number of carboxylic acids is 1. The molecule has 0 saturated carbocycles. The molecular weight excluding hydrogens is 590 g/mol. The molecule has 0 spiro atoms. The summed E-state index contributed by atoms with van der Waals surface area (Å²) in [5.74, 6) is -0.820. The first kappa shape index (κ1) is 27.1. The smallest absolute Gasteiger partial charge is 0.305 e. The first-order valence-electron chi connectivity index (χ1n) is 12.4. The molecule has 1 aromatic rings. The van der Waals surface area contributed by atoms with Gasteiger partial charge in [-0.1, -0.05) is 43.6 Å². The number of ketones is 2. The maximum Gasteiger partial charge on any atom is 0.305 e. The molecular formula is C28H33Br2NO5. The zero-order chi connectivity index (χ0) is 26.6. The topological polar surface area (TPSA) is 83.9 Å². The Morgan fingerprint density at radius 3 is 2.00 bits per heavy atom. The first-order chi connectivity index (χ1) is 16.7. The zero-order valence-corrected chi connectivity index (χ0v) is 24.6. The average molecular weight is 623 g/mol. The van der Waals surface area contributed by atoms with Crippen LogP contribution in [-0.2, 0) is 14.4 Å². The number of carbonyl (C=O) groups is 3. The van der Waals surface area contributed by atoms with Crippen LogP contribution in [0.25, 0.3) is 0 Å². The van der Waals surface area contributed by atoms with Gasteiger partial charge in [-0.25, -0.2) is 0 Å². The van der Waals surface area contributed by atoms with Gasteiger partial charge in [-0.3, -0.25) is 14.4 Å². The van der Waals surface area contributed by atoms with E-state index in [4.69, 9.17) is 4.74 Å². The molecule has 3 aliphatic rings. The Labute approximate surface area is 229 Å². The monoisotopic (exact) mass is 621 g/mol. The number of rotatable bonds is 6. The van der Waals surface area contributed by atoms with Crippen molar-refractivity contribution in [2.45, 2.75) is 72.6 Å². The molecule has 0 saturated heterocycles. The van der Waals surface area contributed by atoms with E-state index >= 15 is 0 Å². The van der Waals surface area contributed by atoms with Crippen molar-refractivity contribution in [3.8, 4) is 5.75 Å². The third kappa shape index (κ3) is 5.08. The number of hydrogen-bond acceptors (Lipinski definition) is 5. The molecule has 1 heterocycles. The number of halogens is 2. The molecule has 36 heavy (non-hydrogen) atoms. The summed E-state index contributed by atoms with van der Waals surface area (Å²) < 4.78 is 7.63. The summed E-state index contributed by atoms with van der Waals surface area (Å²) in [6.45, 7) is 10.9. The fourth-order valence-corrected chi connectivity index (χ4v) is 7.30. The highest BCUT2D eigenvalue weighted by Crippen LogP contribution is 2.56. The van der Waals surface area contributed by atoms with Gasteiger partial charge in [0, 0.05) is 57.9 Å². The summed E-state index contributed by atoms with van der Waals surface area (Å²) in [6, 6.07) is 3.85. The van der Waals surface area contributed by atoms with Gasteiger partial charge in [0.05, 0.1) is 17.5 Å². The highest BCUT2D eigenvalue weighted by atomic mass is 79.9. The predicted molar refractivity (Wildman–Crippen MR) is 145 cm³/mol. The molecule has 0 fully saturated rings. The molecule has 1 aliphatic heterocycles. The molecule has 0 bridgehead atoms. The van der Waals surface area contributed by atoms with Crippen LogP contribution in [0.3, 0.4) is 0 Å². The van der Waals surface area contributed by atoms with Crippen LogP contribution >= 0.6 is 31.9 Å². The first-order valence-corrected chi connectivity index (χ1v) is 14.0. The van der Waals surface area contributed by atoms with E-state index in [9.17, 15) is 19.5 Å². The van der Waals surface area contributed by atoms with Gasteiger partial charge < -0.3 is 14.7 Å². The van der Waals surface area contributed by atoms with Gasteiger partial charge >= 0.3 is 5.97 Å². The second kappa shape index (κ2) is 9.75. The van der Waals surface area contributed by atoms with E-state index < -0.39 is 11.9 Å². The quantitative estimate of drug-likeness (QED) is 0.377. The Morgan fingerprint density at radius 2 is 1.53 bits per heavy atom. The van der Waals surface area contributed by atoms with E-state index in [0.29, 0.717) is 49.2 Å². The number of hydrogen-bond donors (Lipinski definition) is 1. The molecule has 8 heteroatoms. The van der Waals surface area contributed by atoms with Crippen molar-refractivity contribution in [3.05, 3.63) is 49.2 Å². The summed E-state index contributed by atoms with van der Waals surface area (Å²) in [6.07, 6.45) is 1.94. The molecule has 4 rings (SSSR count). The lowest BCUT2D eigenvalue weighted by Gasteiger charge is -2.49. The van der Waals surface area contributed by atoms with Crippen molar-refractivity contribution >= 4 is 49.4 Å². The molecule has 0 aromatic heterocycles. The van der Waals surface area contributed by atoms with E-state index in [1.807, 2.05) is 24.0 Å². The highest BCUT2D eigenvalue weighted by molar-refractivity contribution is 9.11. The van der Waals surface area contributed by atoms with Crippen molar-refractivity contribution in [1.82, 2.24) is 4.90 Å². The normalized spacial score (nSPS) is 21.5. The van der Waals surface area contributed by atoms with E-state index in [1.54, 1.807) is 0 Å². The Morgan fingerprint density at radius 1 is 1.00 bits per heavy atom. The van der Waals surface area contributed by atoms with Crippen molar-refractivity contribution in [2.75, 3.05) is 13.2 Å². The number of Topliss-reactive ketones (excluding diaryl/α,β-unsaturated/α-hetero) is 2. The molecule has 194 valence electrons. The number of carboxylic acid groups (broad SMARTS) is 1. The lowest BCUT2D eigenvalue weighted by atomic mass is 9.63. The maximum atomic E-state index is 13.9. The minimum Gasteiger partial charge on any atom is -0.492 e. The number of ether oxygens (including phenoxy) is 1. The summed E-state index contributed by atoms with van der Waals surface area (Å²) in [5.41, 5.74) is 3.16. The third-order valence-electron chi connectivity index (χ3n) is 7.21. The van der Waals surface area contributed by atoms with Crippen LogP contribution in [0.4, 0.5) is 0 Å². The minimum absolute atomic E-state index is 0.00862. The summed E-state index contributed by atoms with van der Waals surface area (Å²) in [7, 11) is 0. The molecule has 0 amide bonds.